The lowest BCUT2D eigenvalue weighted by atomic mass is 10.0. The van der Waals surface area contributed by atoms with Gasteiger partial charge in [-0.2, -0.15) is 0 Å². The number of ether oxygens (including phenoxy) is 3. The Morgan fingerprint density at radius 2 is 0.470 bits per heavy atom. The van der Waals surface area contributed by atoms with Crippen LogP contribution >= 0.6 is 0 Å². The van der Waals surface area contributed by atoms with Gasteiger partial charge in [0.25, 0.3) is 0 Å². The largest absolute Gasteiger partial charge is 0.462 e. The number of carbonyl (C=O) groups is 3. The summed E-state index contributed by atoms with van der Waals surface area (Å²) in [6, 6.07) is 0. The topological polar surface area (TPSA) is 78.9 Å². The Balaban J connectivity index is 4.36. The highest BCUT2D eigenvalue weighted by Gasteiger charge is 2.19. The van der Waals surface area contributed by atoms with E-state index in [9.17, 15) is 14.4 Å². The van der Waals surface area contributed by atoms with Gasteiger partial charge in [-0.25, -0.2) is 0 Å². The number of allylic oxidation sites excluding steroid dienone is 22. The summed E-state index contributed by atoms with van der Waals surface area (Å²) >= 11 is 0. The van der Waals surface area contributed by atoms with Gasteiger partial charge in [-0.15, -0.1) is 0 Å². The zero-order valence-corrected chi connectivity index (χ0v) is 54.2. The second-order valence-corrected chi connectivity index (χ2v) is 22.7. The Hall–Kier alpha value is -4.45. The molecule has 0 fully saturated rings. The van der Waals surface area contributed by atoms with Crippen LogP contribution in [0.25, 0.3) is 0 Å². The molecule has 0 radical (unpaired) electrons. The molecule has 0 aromatic carbocycles. The van der Waals surface area contributed by atoms with Gasteiger partial charge in [-0.3, -0.25) is 14.4 Å². The third kappa shape index (κ3) is 68.2. The molecule has 0 aliphatic heterocycles. The Kier molecular flexibility index (Phi) is 66.3. The summed E-state index contributed by atoms with van der Waals surface area (Å²) in [5.41, 5.74) is 0. The van der Waals surface area contributed by atoms with E-state index in [-0.39, 0.29) is 31.1 Å². The first-order valence-electron chi connectivity index (χ1n) is 34.7. The van der Waals surface area contributed by atoms with Gasteiger partial charge in [0.1, 0.15) is 13.2 Å². The summed E-state index contributed by atoms with van der Waals surface area (Å²) in [6.07, 6.45) is 98.9. The SMILES string of the molecule is CC/C=C\C/C=C\C/C=C\C/C=C\C/C=C\CCCCCCCCCCCCCC(=O)OCC(COC(=O)CCCCCCC/C=C\C/C=C\CCCCC)OC(=O)CCCCCCCCCCCC/C=C\C/C=C\C/C=C\C/C=C\CC. The van der Waals surface area contributed by atoms with Crippen molar-refractivity contribution < 1.29 is 28.6 Å². The summed E-state index contributed by atoms with van der Waals surface area (Å²) in [4.78, 5) is 38.5. The third-order valence-electron chi connectivity index (χ3n) is 14.6. The monoisotopic (exact) mass is 1150 g/mol. The zero-order chi connectivity index (χ0) is 59.9. The molecular weight excluding hydrogens is 1020 g/mol. The molecule has 0 amide bonds. The molecular formula is C77H128O6. The van der Waals surface area contributed by atoms with Crippen molar-refractivity contribution in [3.8, 4) is 0 Å². The van der Waals surface area contributed by atoms with Crippen molar-refractivity contribution in [2.45, 2.75) is 322 Å². The van der Waals surface area contributed by atoms with Crippen LogP contribution in [-0.4, -0.2) is 37.2 Å². The minimum absolute atomic E-state index is 0.0879. The van der Waals surface area contributed by atoms with Crippen molar-refractivity contribution in [1.29, 1.82) is 0 Å². The first kappa shape index (κ1) is 78.5. The molecule has 0 bridgehead atoms. The van der Waals surface area contributed by atoms with Crippen molar-refractivity contribution in [3.63, 3.8) is 0 Å². The molecule has 0 N–H and O–H groups in total. The first-order chi connectivity index (χ1) is 41.0. The van der Waals surface area contributed by atoms with Crippen molar-refractivity contribution in [2.24, 2.45) is 0 Å². The van der Waals surface area contributed by atoms with Crippen LogP contribution in [0.5, 0.6) is 0 Å². The summed E-state index contributed by atoms with van der Waals surface area (Å²) in [7, 11) is 0. The summed E-state index contributed by atoms with van der Waals surface area (Å²) < 4.78 is 17.0. The highest BCUT2D eigenvalue weighted by molar-refractivity contribution is 5.71. The molecule has 1 atom stereocenters. The zero-order valence-electron chi connectivity index (χ0n) is 54.2. The predicted octanol–water partition coefficient (Wildman–Crippen LogP) is 24.1. The summed E-state index contributed by atoms with van der Waals surface area (Å²) in [5, 5.41) is 0. The highest BCUT2D eigenvalue weighted by Crippen LogP contribution is 2.16. The minimum atomic E-state index is -0.794. The van der Waals surface area contributed by atoms with E-state index in [0.717, 1.165) is 141 Å². The van der Waals surface area contributed by atoms with E-state index in [4.69, 9.17) is 14.2 Å². The lowest BCUT2D eigenvalue weighted by Gasteiger charge is -2.18. The Morgan fingerprint density at radius 1 is 0.253 bits per heavy atom. The Morgan fingerprint density at radius 3 is 0.735 bits per heavy atom. The summed E-state index contributed by atoms with van der Waals surface area (Å²) in [6.45, 7) is 6.39. The van der Waals surface area contributed by atoms with Crippen LogP contribution in [0.15, 0.2) is 134 Å². The van der Waals surface area contributed by atoms with Gasteiger partial charge < -0.3 is 14.2 Å². The fourth-order valence-electron chi connectivity index (χ4n) is 9.49. The van der Waals surface area contributed by atoms with Crippen molar-refractivity contribution in [3.05, 3.63) is 134 Å². The van der Waals surface area contributed by atoms with Gasteiger partial charge in [0.15, 0.2) is 6.10 Å². The molecule has 0 rings (SSSR count). The fourth-order valence-corrected chi connectivity index (χ4v) is 9.49. The smallest absolute Gasteiger partial charge is 0.306 e. The lowest BCUT2D eigenvalue weighted by molar-refractivity contribution is -0.167. The van der Waals surface area contributed by atoms with Crippen LogP contribution in [0.4, 0.5) is 0 Å². The number of esters is 3. The van der Waals surface area contributed by atoms with E-state index in [2.05, 4.69) is 154 Å². The maximum Gasteiger partial charge on any atom is 0.306 e. The third-order valence-corrected chi connectivity index (χ3v) is 14.6. The Labute approximate surface area is 513 Å². The van der Waals surface area contributed by atoms with E-state index in [1.54, 1.807) is 0 Å². The minimum Gasteiger partial charge on any atom is -0.462 e. The van der Waals surface area contributed by atoms with Crippen LogP contribution in [0.1, 0.15) is 316 Å². The fraction of sp³-hybridized carbons (Fsp3) is 0.675. The van der Waals surface area contributed by atoms with Crippen LogP contribution in [0.3, 0.4) is 0 Å². The van der Waals surface area contributed by atoms with Crippen LogP contribution in [-0.2, 0) is 28.6 Å². The first-order valence-corrected chi connectivity index (χ1v) is 34.7. The van der Waals surface area contributed by atoms with Gasteiger partial charge in [0.05, 0.1) is 0 Å². The molecule has 83 heavy (non-hydrogen) atoms. The lowest BCUT2D eigenvalue weighted by Crippen LogP contribution is -2.30. The number of rotatable bonds is 62. The predicted molar refractivity (Wildman–Crippen MR) is 362 cm³/mol. The molecule has 0 heterocycles. The number of unbranched alkanes of at least 4 members (excludes halogenated alkanes) is 29. The van der Waals surface area contributed by atoms with Crippen LogP contribution < -0.4 is 0 Å². The van der Waals surface area contributed by atoms with Gasteiger partial charge in [-0.05, 0) is 135 Å². The van der Waals surface area contributed by atoms with E-state index in [1.807, 2.05) is 0 Å². The maximum absolute atomic E-state index is 13.0. The molecule has 6 nitrogen and oxygen atoms in total. The molecule has 0 saturated heterocycles. The van der Waals surface area contributed by atoms with Crippen molar-refractivity contribution in [2.75, 3.05) is 13.2 Å². The quantitative estimate of drug-likeness (QED) is 0.0261. The Bertz CT molecular complexity index is 1750. The number of hydrogen-bond donors (Lipinski definition) is 0. The molecule has 0 aromatic rings. The van der Waals surface area contributed by atoms with Crippen molar-refractivity contribution in [1.82, 2.24) is 0 Å². The standard InChI is InChI=1S/C77H128O6/c1-4-7-10-13-16-19-22-25-28-30-32-34-36-37-38-39-41-42-44-46-49-52-55-58-61-64-67-70-76(79)82-73-74(72-81-75(78)69-66-63-60-57-54-51-48-27-24-21-18-15-12-9-6-3)83-77(80)71-68-65-62-59-56-53-50-47-45-43-40-35-33-31-29-26-23-20-17-14-11-8-5-2/h7-8,10-11,16-21,25-29,32-35,37-38,48,74H,4-6,9,12-15,22-24,30-31,36,39-47,49-73H2,1-3H3/b10-7-,11-8-,19-16-,20-17-,21-18-,28-25-,29-26-,34-32-,35-33-,38-37-,48-27-. The van der Waals surface area contributed by atoms with E-state index in [1.165, 1.54) is 135 Å². The van der Waals surface area contributed by atoms with Crippen LogP contribution in [0.2, 0.25) is 0 Å². The van der Waals surface area contributed by atoms with E-state index < -0.39 is 6.10 Å². The molecule has 0 aromatic heterocycles. The van der Waals surface area contributed by atoms with E-state index >= 15 is 0 Å². The molecule has 0 spiro atoms. The van der Waals surface area contributed by atoms with Gasteiger partial charge >= 0.3 is 17.9 Å². The van der Waals surface area contributed by atoms with Gasteiger partial charge in [0.2, 0.25) is 0 Å². The van der Waals surface area contributed by atoms with E-state index in [0.29, 0.717) is 19.3 Å². The maximum atomic E-state index is 13.0. The molecule has 0 saturated carbocycles. The normalized spacial score (nSPS) is 13.0. The van der Waals surface area contributed by atoms with Gasteiger partial charge in [-0.1, -0.05) is 296 Å². The molecule has 6 heteroatoms. The number of hydrogen-bond acceptors (Lipinski definition) is 6. The van der Waals surface area contributed by atoms with Gasteiger partial charge in [0, 0.05) is 19.3 Å². The average molecular weight is 1150 g/mol. The van der Waals surface area contributed by atoms with Crippen LogP contribution in [0, 0.1) is 0 Å². The second kappa shape index (κ2) is 70.0. The second-order valence-electron chi connectivity index (χ2n) is 22.7. The molecule has 1 unspecified atom stereocenters. The van der Waals surface area contributed by atoms with Crippen molar-refractivity contribution >= 4 is 17.9 Å². The molecule has 472 valence electrons. The average Bonchev–Trinajstić information content (AvgIpc) is 3.49. The summed E-state index contributed by atoms with van der Waals surface area (Å²) in [5.74, 6) is -0.901. The molecule has 0 aliphatic rings. The number of carbonyl (C=O) groups excluding carboxylic acids is 3. The molecule has 0 aliphatic carbocycles. The highest BCUT2D eigenvalue weighted by atomic mass is 16.6.